The highest BCUT2D eigenvalue weighted by Crippen LogP contribution is 2.40. The second-order valence-electron chi connectivity index (χ2n) is 10.2. The number of carbonyl (C=O) groups is 2. The van der Waals surface area contributed by atoms with E-state index >= 15 is 0 Å². The largest absolute Gasteiger partial charge is 0.460 e. The van der Waals surface area contributed by atoms with Gasteiger partial charge in [0, 0.05) is 5.41 Å². The average molecular weight is 389 g/mol. The Bertz CT molecular complexity index is 727. The van der Waals surface area contributed by atoms with Crippen LogP contribution in [0.25, 0.3) is 0 Å². The minimum Gasteiger partial charge on any atom is -0.460 e. The zero-order valence-corrected chi connectivity index (χ0v) is 18.6. The van der Waals surface area contributed by atoms with Crippen molar-refractivity contribution in [3.05, 3.63) is 23.7 Å². The molecule has 2 heterocycles. The van der Waals surface area contributed by atoms with Gasteiger partial charge >= 0.3 is 13.5 Å². The molecule has 2 rings (SSSR count). The van der Waals surface area contributed by atoms with Gasteiger partial charge in [0.25, 0.3) is 0 Å². The van der Waals surface area contributed by atoms with E-state index in [1.54, 1.807) is 27.4 Å². The van der Waals surface area contributed by atoms with Crippen molar-refractivity contribution in [2.75, 3.05) is 0 Å². The van der Waals surface area contributed by atoms with Crippen molar-refractivity contribution in [2.45, 2.75) is 92.2 Å². The van der Waals surface area contributed by atoms with Crippen molar-refractivity contribution < 1.29 is 23.4 Å². The lowest BCUT2D eigenvalue weighted by molar-refractivity contribution is -0.0325. The van der Waals surface area contributed by atoms with Crippen LogP contribution < -0.4 is 0 Å². The highest BCUT2D eigenvalue weighted by atomic mass is 16.6. The monoisotopic (exact) mass is 389 g/mol. The molecule has 1 aliphatic rings. The summed E-state index contributed by atoms with van der Waals surface area (Å²) < 4.78 is 17.2. The average Bonchev–Trinajstić information content (AvgIpc) is 3.05. The summed E-state index contributed by atoms with van der Waals surface area (Å²) >= 11 is 0. The number of Topliss-reactive ketones (excluding diaryl/α,β-unsaturated/α-hetero) is 1. The van der Waals surface area contributed by atoms with Crippen molar-refractivity contribution in [3.8, 4) is 0 Å². The summed E-state index contributed by atoms with van der Waals surface area (Å²) in [6.45, 7) is 15.8. The molecule has 28 heavy (non-hydrogen) atoms. The van der Waals surface area contributed by atoms with E-state index in [1.165, 1.54) is 6.07 Å². The maximum atomic E-state index is 12.9. The number of ether oxygens (including phenoxy) is 1. The van der Waals surface area contributed by atoms with Gasteiger partial charge in [-0.15, -0.1) is 0 Å². The minimum atomic E-state index is -0.947. The Morgan fingerprint density at radius 1 is 0.857 bits per heavy atom. The Balaban J connectivity index is 2.34. The van der Waals surface area contributed by atoms with E-state index in [4.69, 9.17) is 13.8 Å². The highest BCUT2D eigenvalue weighted by molar-refractivity contribution is 6.32. The molecular formula is C22H34BO5. The third kappa shape index (κ3) is 5.08. The summed E-state index contributed by atoms with van der Waals surface area (Å²) in [5, 5.41) is 0. The fourth-order valence-electron chi connectivity index (χ4n) is 3.21. The second-order valence-corrected chi connectivity index (χ2v) is 10.2. The number of carbonyl (C=O) groups excluding carboxylic acids is 2. The molecule has 0 fully saturated rings. The number of hydrogen-bond acceptors (Lipinski definition) is 5. The van der Waals surface area contributed by atoms with E-state index in [0.717, 1.165) is 25.7 Å². The molecule has 0 amide bonds. The minimum absolute atomic E-state index is 0.0207. The zero-order chi connectivity index (χ0) is 21.4. The van der Waals surface area contributed by atoms with Crippen LogP contribution in [0.4, 0.5) is 0 Å². The summed E-state index contributed by atoms with van der Waals surface area (Å²) in [5.41, 5.74) is -2.05. The van der Waals surface area contributed by atoms with Crippen LogP contribution in [0.3, 0.4) is 0 Å². The Kier molecular flexibility index (Phi) is 6.25. The van der Waals surface area contributed by atoms with Gasteiger partial charge in [0.2, 0.25) is 11.5 Å². The Morgan fingerprint density at radius 2 is 1.43 bits per heavy atom. The first-order chi connectivity index (χ1) is 12.7. The second kappa shape index (κ2) is 7.70. The van der Waals surface area contributed by atoms with Crippen LogP contribution in [-0.2, 0) is 9.39 Å². The molecule has 5 nitrogen and oxygen atoms in total. The molecule has 2 bridgehead atoms. The summed E-state index contributed by atoms with van der Waals surface area (Å²) in [6.07, 6.45) is 3.65. The van der Waals surface area contributed by atoms with Gasteiger partial charge in [0.1, 0.15) is 5.50 Å². The van der Waals surface area contributed by atoms with Crippen molar-refractivity contribution in [1.82, 2.24) is 0 Å². The van der Waals surface area contributed by atoms with Crippen LogP contribution in [-0.4, -0.2) is 30.3 Å². The molecule has 0 aromatic carbocycles. The summed E-state index contributed by atoms with van der Waals surface area (Å²) in [7, 11) is 1.58. The number of furan rings is 1. The maximum Gasteiger partial charge on any atom is 0.374 e. The molecule has 0 saturated heterocycles. The fraction of sp³-hybridized carbons (Fsp3) is 0.727. The lowest BCUT2D eigenvalue weighted by Gasteiger charge is -2.43. The van der Waals surface area contributed by atoms with Gasteiger partial charge in [-0.2, -0.15) is 0 Å². The Hall–Kier alpha value is -1.56. The molecule has 1 radical (unpaired) electrons. The molecule has 1 aromatic heterocycles. The maximum absolute atomic E-state index is 12.9. The molecule has 0 saturated carbocycles. The third-order valence-electron chi connectivity index (χ3n) is 6.12. The highest BCUT2D eigenvalue weighted by Gasteiger charge is 2.41. The van der Waals surface area contributed by atoms with Gasteiger partial charge in [-0.3, -0.25) is 4.79 Å². The summed E-state index contributed by atoms with van der Waals surface area (Å²) in [5.74, 6) is -0.492. The molecular weight excluding hydrogens is 355 g/mol. The van der Waals surface area contributed by atoms with Crippen molar-refractivity contribution in [3.63, 3.8) is 0 Å². The van der Waals surface area contributed by atoms with Gasteiger partial charge < -0.3 is 13.8 Å². The molecule has 6 heteroatoms. The number of fused-ring (bicyclic) bond motifs is 2. The number of ketones is 1. The number of cyclic esters (lactones) is 1. The van der Waals surface area contributed by atoms with Crippen LogP contribution in [0.2, 0.25) is 0 Å². The van der Waals surface area contributed by atoms with Gasteiger partial charge in [0.15, 0.2) is 5.76 Å². The molecule has 1 aromatic rings. The van der Waals surface area contributed by atoms with Gasteiger partial charge in [-0.25, -0.2) is 4.79 Å². The van der Waals surface area contributed by atoms with Crippen LogP contribution >= 0.6 is 0 Å². The van der Waals surface area contributed by atoms with E-state index in [0.29, 0.717) is 0 Å². The lowest BCUT2D eigenvalue weighted by atomic mass is 9.70. The van der Waals surface area contributed by atoms with Crippen molar-refractivity contribution in [2.24, 2.45) is 10.8 Å². The number of rotatable bonds is 0. The predicted octanol–water partition coefficient (Wildman–Crippen LogP) is 5.40. The van der Waals surface area contributed by atoms with E-state index < -0.39 is 22.5 Å². The molecule has 0 aliphatic carbocycles. The quantitative estimate of drug-likeness (QED) is 0.439. The SMILES string of the molecule is CC1(C)[B]OC(C)(C)C(C)(C)CCCCC(C)(C)C(=O)c2ccc(o2)C(=O)O1. The van der Waals surface area contributed by atoms with E-state index in [1.807, 2.05) is 13.8 Å². The zero-order valence-electron chi connectivity index (χ0n) is 18.6. The molecule has 155 valence electrons. The molecule has 0 N–H and O–H groups in total. The molecule has 1 aliphatic heterocycles. The van der Waals surface area contributed by atoms with E-state index in [2.05, 4.69) is 27.7 Å². The smallest absolute Gasteiger partial charge is 0.374 e. The van der Waals surface area contributed by atoms with Gasteiger partial charge in [-0.1, -0.05) is 40.5 Å². The van der Waals surface area contributed by atoms with Gasteiger partial charge in [0.05, 0.1) is 5.60 Å². The fourth-order valence-corrected chi connectivity index (χ4v) is 3.21. The Morgan fingerprint density at radius 3 is 2.07 bits per heavy atom. The predicted molar refractivity (Wildman–Crippen MR) is 109 cm³/mol. The van der Waals surface area contributed by atoms with E-state index in [-0.39, 0.29) is 22.7 Å². The molecule has 0 atom stereocenters. The first-order valence-electron chi connectivity index (χ1n) is 10.1. The van der Waals surface area contributed by atoms with Crippen LogP contribution in [0.15, 0.2) is 16.5 Å². The Labute approximate surface area is 169 Å². The first kappa shape index (κ1) is 22.7. The topological polar surface area (TPSA) is 65.7 Å². The number of esters is 1. The van der Waals surface area contributed by atoms with Crippen molar-refractivity contribution in [1.29, 1.82) is 0 Å². The van der Waals surface area contributed by atoms with Crippen LogP contribution in [0.5, 0.6) is 0 Å². The molecule has 0 spiro atoms. The van der Waals surface area contributed by atoms with E-state index in [9.17, 15) is 9.59 Å². The summed E-state index contributed by atoms with van der Waals surface area (Å²) in [6, 6.07) is 3.05. The standard InChI is InChI=1S/C22H34BO5/c1-19(2)13-9-10-14-20(3,4)21(5,6)28-23-22(7,8)27-18(25)16-12-11-15(26-16)17(19)24/h11-12H,9-10,13-14H2,1-8H3. The van der Waals surface area contributed by atoms with Gasteiger partial charge in [-0.05, 0) is 58.1 Å². The van der Waals surface area contributed by atoms with Crippen LogP contribution in [0.1, 0.15) is 102 Å². The van der Waals surface area contributed by atoms with Crippen LogP contribution in [0, 0.1) is 10.8 Å². The third-order valence-corrected chi connectivity index (χ3v) is 6.12. The first-order valence-corrected chi connectivity index (χ1v) is 10.1. The number of hydrogen-bond donors (Lipinski definition) is 0. The summed E-state index contributed by atoms with van der Waals surface area (Å²) in [4.78, 5) is 25.4. The molecule has 0 unspecified atom stereocenters. The normalized spacial score (nSPS) is 24.9. The lowest BCUT2D eigenvalue weighted by Crippen LogP contribution is -2.47. The van der Waals surface area contributed by atoms with Crippen molar-refractivity contribution >= 4 is 19.2 Å².